The van der Waals surface area contributed by atoms with Crippen molar-refractivity contribution in [3.05, 3.63) is 0 Å². The topological polar surface area (TPSA) is 285 Å². The molecule has 0 bridgehead atoms. The maximum absolute atomic E-state index is 10.7. The van der Waals surface area contributed by atoms with Crippen LogP contribution in [0.3, 0.4) is 0 Å². The fraction of sp³-hybridized carbons (Fsp3) is 1.00. The molecule has 0 amide bonds. The van der Waals surface area contributed by atoms with Gasteiger partial charge in [-0.15, -0.1) is 0 Å². The number of hydrogen-bond donors (Lipinski definition) is 12. The summed E-state index contributed by atoms with van der Waals surface area (Å²) < 4.78 is 21.6. The molecule has 2 aliphatic heterocycles. The van der Waals surface area contributed by atoms with E-state index in [1.807, 2.05) is 0 Å². The minimum atomic E-state index is -1.89. The van der Waals surface area contributed by atoms with Gasteiger partial charge in [-0.3, -0.25) is 0 Å². The maximum atomic E-state index is 10.7. The van der Waals surface area contributed by atoms with E-state index in [0.717, 1.165) is 0 Å². The van der Waals surface area contributed by atoms with Gasteiger partial charge >= 0.3 is 0 Å². The summed E-state index contributed by atoms with van der Waals surface area (Å²) in [5.41, 5.74) is 5.95. The van der Waals surface area contributed by atoms with E-state index in [9.17, 15) is 56.2 Å². The van der Waals surface area contributed by atoms with Gasteiger partial charge in [-0.1, -0.05) is 0 Å². The maximum Gasteiger partial charge on any atom is 0.187 e. The Labute approximate surface area is 192 Å². The largest absolute Gasteiger partial charge is 0.394 e. The first kappa shape index (κ1) is 27.9. The SMILES string of the molecule is N[C@H]1[C@@H](OC2[C@@H](O)[C@H](O)C(O)[C@@H](O)[C@H]2O)O[C@H](CO)[C@@H](O[C@H]2O[C@H](CO)[C@@H](O)[C@H](O)[C@@H]2O)[C@@H]1O. The van der Waals surface area contributed by atoms with E-state index in [0.29, 0.717) is 0 Å². The summed E-state index contributed by atoms with van der Waals surface area (Å²) in [6.45, 7) is -1.53. The molecular weight excluding hydrogens is 470 g/mol. The van der Waals surface area contributed by atoms with Crippen LogP contribution in [0.15, 0.2) is 0 Å². The first-order chi connectivity index (χ1) is 15.9. The molecular formula is C18H33NO15. The second-order valence-corrected chi connectivity index (χ2v) is 8.65. The Balaban J connectivity index is 1.72. The molecule has 13 N–H and O–H groups in total. The number of ether oxygens (including phenoxy) is 4. The highest BCUT2D eigenvalue weighted by Gasteiger charge is 2.54. The molecule has 1 saturated carbocycles. The minimum absolute atomic E-state index is 0.730. The predicted molar refractivity (Wildman–Crippen MR) is 103 cm³/mol. The normalized spacial score (nSPS) is 54.7. The van der Waals surface area contributed by atoms with Crippen molar-refractivity contribution in [3.8, 4) is 0 Å². The van der Waals surface area contributed by atoms with Gasteiger partial charge in [0.15, 0.2) is 12.6 Å². The van der Waals surface area contributed by atoms with Crippen LogP contribution in [0.25, 0.3) is 0 Å². The number of aliphatic hydroxyl groups excluding tert-OH is 11. The molecule has 3 fully saturated rings. The van der Waals surface area contributed by atoms with E-state index < -0.39 is 111 Å². The molecule has 3 rings (SSSR count). The molecule has 3 aliphatic rings. The van der Waals surface area contributed by atoms with Crippen LogP contribution in [0.5, 0.6) is 0 Å². The lowest BCUT2D eigenvalue weighted by Gasteiger charge is -2.48. The monoisotopic (exact) mass is 503 g/mol. The van der Waals surface area contributed by atoms with Crippen molar-refractivity contribution in [2.45, 2.75) is 98.0 Å². The Hall–Kier alpha value is -0.640. The Bertz CT molecular complexity index is 641. The van der Waals surface area contributed by atoms with Crippen LogP contribution in [0.2, 0.25) is 0 Å². The first-order valence-electron chi connectivity index (χ1n) is 10.7. The Morgan fingerprint density at radius 2 is 0.941 bits per heavy atom. The molecule has 2 heterocycles. The molecule has 0 aromatic heterocycles. The van der Waals surface area contributed by atoms with Crippen LogP contribution in [0.1, 0.15) is 0 Å². The zero-order chi connectivity index (χ0) is 25.5. The van der Waals surface area contributed by atoms with Crippen LogP contribution >= 0.6 is 0 Å². The van der Waals surface area contributed by atoms with E-state index in [1.54, 1.807) is 0 Å². The van der Waals surface area contributed by atoms with E-state index in [2.05, 4.69) is 0 Å². The third-order valence-corrected chi connectivity index (χ3v) is 6.40. The molecule has 0 aromatic carbocycles. The van der Waals surface area contributed by atoms with Crippen molar-refractivity contribution in [2.75, 3.05) is 13.2 Å². The second kappa shape index (κ2) is 11.2. The lowest BCUT2D eigenvalue weighted by Crippen LogP contribution is -2.69. The van der Waals surface area contributed by atoms with Gasteiger partial charge in [0.05, 0.1) is 19.3 Å². The van der Waals surface area contributed by atoms with Crippen molar-refractivity contribution in [1.29, 1.82) is 0 Å². The van der Waals surface area contributed by atoms with Gasteiger partial charge in [0.2, 0.25) is 0 Å². The summed E-state index contributed by atoms with van der Waals surface area (Å²) in [6.07, 6.45) is -25.5. The van der Waals surface area contributed by atoms with Gasteiger partial charge < -0.3 is 80.9 Å². The van der Waals surface area contributed by atoms with Crippen LogP contribution < -0.4 is 5.73 Å². The van der Waals surface area contributed by atoms with E-state index in [4.69, 9.17) is 24.7 Å². The van der Waals surface area contributed by atoms with Gasteiger partial charge in [-0.2, -0.15) is 0 Å². The van der Waals surface area contributed by atoms with Crippen LogP contribution in [0.4, 0.5) is 0 Å². The third-order valence-electron chi connectivity index (χ3n) is 6.40. The van der Waals surface area contributed by atoms with Crippen molar-refractivity contribution < 1.29 is 75.1 Å². The highest BCUT2D eigenvalue weighted by molar-refractivity contribution is 5.01. The third kappa shape index (κ3) is 5.09. The quantitative estimate of drug-likeness (QED) is 0.160. The molecule has 34 heavy (non-hydrogen) atoms. The predicted octanol–water partition coefficient (Wildman–Crippen LogP) is -8.22. The zero-order valence-electron chi connectivity index (χ0n) is 17.8. The summed E-state index contributed by atoms with van der Waals surface area (Å²) in [5.74, 6) is 0. The molecule has 200 valence electrons. The number of nitrogens with two attached hydrogens (primary N) is 1. The average molecular weight is 503 g/mol. The standard InChI is InChI=1S/C18H33NO15/c19-5-7(23)15(33-18-14(30)8(24)6(22)3(1-20)31-18)4(2-21)32-17(5)34-16-12(28)10(26)9(25)11(27)13(16)29/h3-18,20-30H,1-2,19H2/t3-,4-,5-,6-,7-,8+,9?,10-,11-,12-,13+,14+,15-,16?,17-,18-/m1/s1. The summed E-state index contributed by atoms with van der Waals surface area (Å²) in [7, 11) is 0. The molecule has 16 atom stereocenters. The molecule has 16 heteroatoms. The van der Waals surface area contributed by atoms with Crippen molar-refractivity contribution in [3.63, 3.8) is 0 Å². The lowest BCUT2D eigenvalue weighted by molar-refractivity contribution is -0.357. The first-order valence-corrected chi connectivity index (χ1v) is 10.7. The summed E-state index contributed by atoms with van der Waals surface area (Å²) in [5, 5.41) is 109. The number of rotatable bonds is 6. The lowest BCUT2D eigenvalue weighted by atomic mass is 9.84. The Morgan fingerprint density at radius 1 is 0.500 bits per heavy atom. The fourth-order valence-corrected chi connectivity index (χ4v) is 4.23. The molecule has 2 saturated heterocycles. The summed E-state index contributed by atoms with van der Waals surface area (Å²) in [4.78, 5) is 0. The van der Waals surface area contributed by atoms with E-state index in [1.165, 1.54) is 0 Å². The van der Waals surface area contributed by atoms with Crippen LogP contribution in [-0.2, 0) is 18.9 Å². The van der Waals surface area contributed by atoms with Gasteiger partial charge in [0.25, 0.3) is 0 Å². The fourth-order valence-electron chi connectivity index (χ4n) is 4.23. The molecule has 2 unspecified atom stereocenters. The second-order valence-electron chi connectivity index (χ2n) is 8.65. The van der Waals surface area contributed by atoms with Gasteiger partial charge in [-0.05, 0) is 0 Å². The van der Waals surface area contributed by atoms with Gasteiger partial charge in [0, 0.05) is 0 Å². The van der Waals surface area contributed by atoms with Crippen molar-refractivity contribution in [2.24, 2.45) is 5.73 Å². The zero-order valence-corrected chi connectivity index (χ0v) is 17.8. The highest BCUT2D eigenvalue weighted by Crippen LogP contribution is 2.31. The molecule has 0 radical (unpaired) electrons. The summed E-state index contributed by atoms with van der Waals surface area (Å²) >= 11 is 0. The van der Waals surface area contributed by atoms with Crippen LogP contribution in [0, 0.1) is 0 Å². The summed E-state index contributed by atoms with van der Waals surface area (Å²) in [6, 6.07) is -1.47. The van der Waals surface area contributed by atoms with Crippen molar-refractivity contribution >= 4 is 0 Å². The van der Waals surface area contributed by atoms with Crippen molar-refractivity contribution in [1.82, 2.24) is 0 Å². The Morgan fingerprint density at radius 3 is 1.47 bits per heavy atom. The number of aliphatic hydroxyl groups is 11. The molecule has 16 nitrogen and oxygen atoms in total. The molecule has 0 spiro atoms. The van der Waals surface area contributed by atoms with E-state index >= 15 is 0 Å². The van der Waals surface area contributed by atoms with Crippen LogP contribution in [-0.4, -0.2) is 167 Å². The smallest absolute Gasteiger partial charge is 0.187 e. The average Bonchev–Trinajstić information content (AvgIpc) is 2.83. The van der Waals surface area contributed by atoms with Gasteiger partial charge in [-0.25, -0.2) is 0 Å². The molecule has 0 aromatic rings. The van der Waals surface area contributed by atoms with Gasteiger partial charge in [0.1, 0.15) is 79.4 Å². The van der Waals surface area contributed by atoms with E-state index in [-0.39, 0.29) is 0 Å². The minimum Gasteiger partial charge on any atom is -0.394 e. The molecule has 1 aliphatic carbocycles. The Kier molecular flexibility index (Phi) is 9.18. The highest BCUT2D eigenvalue weighted by atomic mass is 16.7. The number of hydrogen-bond acceptors (Lipinski definition) is 16.